The Morgan fingerprint density at radius 2 is 2.43 bits per heavy atom. The van der Waals surface area contributed by atoms with Gasteiger partial charge in [-0.05, 0) is 16.8 Å². The van der Waals surface area contributed by atoms with E-state index in [0.717, 1.165) is 12.2 Å². The van der Waals surface area contributed by atoms with Crippen LogP contribution in [0.3, 0.4) is 0 Å². The van der Waals surface area contributed by atoms with E-state index in [-0.39, 0.29) is 6.61 Å². The van der Waals surface area contributed by atoms with Crippen LogP contribution < -0.4 is 0 Å². The van der Waals surface area contributed by atoms with Gasteiger partial charge in [-0.25, -0.2) is 4.68 Å². The Labute approximate surface area is 85.9 Å². The fraction of sp³-hybridized carbons (Fsp3) is 0.714. The Bertz CT molecular complexity index is 307. The summed E-state index contributed by atoms with van der Waals surface area (Å²) in [5.41, 5.74) is 0. The molecule has 0 atom stereocenters. The molecule has 1 aromatic heterocycles. The number of thioether (sulfide) groups is 1. The average molecular weight is 213 g/mol. The Morgan fingerprint density at radius 3 is 3.14 bits per heavy atom. The van der Waals surface area contributed by atoms with Crippen molar-refractivity contribution in [3.63, 3.8) is 0 Å². The van der Waals surface area contributed by atoms with Crippen molar-refractivity contribution >= 4 is 11.8 Å². The first kappa shape index (κ1) is 10.9. The number of nitriles is 1. The third-order valence-corrected chi connectivity index (χ3v) is 2.52. The van der Waals surface area contributed by atoms with Crippen LogP contribution in [0.2, 0.25) is 0 Å². The highest BCUT2D eigenvalue weighted by Crippen LogP contribution is 2.14. The fourth-order valence-electron chi connectivity index (χ4n) is 0.850. The Morgan fingerprint density at radius 1 is 1.57 bits per heavy atom. The van der Waals surface area contributed by atoms with Crippen LogP contribution >= 0.6 is 11.8 Å². The van der Waals surface area contributed by atoms with Gasteiger partial charge in [0.15, 0.2) is 0 Å². The zero-order chi connectivity index (χ0) is 10.2. The Hall–Kier alpha value is -1.13. The molecule has 0 amide bonds. The lowest BCUT2D eigenvalue weighted by molar-refractivity contribution is 0.262. The molecule has 1 rings (SSSR count). The van der Waals surface area contributed by atoms with E-state index in [0.29, 0.717) is 18.1 Å². The van der Waals surface area contributed by atoms with Crippen LogP contribution in [0.25, 0.3) is 0 Å². The predicted octanol–water partition coefficient (Wildman–Crippen LogP) is 0.0613. The summed E-state index contributed by atoms with van der Waals surface area (Å²) in [5, 5.41) is 28.7. The maximum Gasteiger partial charge on any atom is 0.209 e. The van der Waals surface area contributed by atoms with Gasteiger partial charge in [0.1, 0.15) is 0 Å². The minimum absolute atomic E-state index is 0.0246. The molecule has 14 heavy (non-hydrogen) atoms. The van der Waals surface area contributed by atoms with Crippen molar-refractivity contribution in [1.82, 2.24) is 20.2 Å². The standard InChI is InChI=1S/C7H11N5OS/c8-3-1-2-6-14-7-9-10-11-12(7)4-5-13/h13H,1-2,4-6H2. The van der Waals surface area contributed by atoms with Crippen molar-refractivity contribution in [2.24, 2.45) is 0 Å². The minimum Gasteiger partial charge on any atom is -0.394 e. The maximum absolute atomic E-state index is 8.70. The van der Waals surface area contributed by atoms with Gasteiger partial charge >= 0.3 is 0 Å². The summed E-state index contributed by atoms with van der Waals surface area (Å²) in [6, 6.07) is 2.08. The van der Waals surface area contributed by atoms with Gasteiger partial charge in [0.25, 0.3) is 0 Å². The van der Waals surface area contributed by atoms with Gasteiger partial charge in [0.05, 0.1) is 19.2 Å². The number of unbranched alkanes of at least 4 members (excludes halogenated alkanes) is 1. The topological polar surface area (TPSA) is 87.6 Å². The second-order valence-corrected chi connectivity index (χ2v) is 3.58. The number of hydrogen-bond donors (Lipinski definition) is 1. The number of nitrogens with zero attached hydrogens (tertiary/aromatic N) is 5. The lowest BCUT2D eigenvalue weighted by Gasteiger charge is -2.00. The monoisotopic (exact) mass is 213 g/mol. The molecule has 76 valence electrons. The molecule has 0 bridgehead atoms. The van der Waals surface area contributed by atoms with Gasteiger partial charge in [0, 0.05) is 12.2 Å². The SMILES string of the molecule is N#CCCCSc1nnnn1CCO. The molecule has 0 aliphatic rings. The lowest BCUT2D eigenvalue weighted by atomic mass is 10.4. The molecule has 0 saturated heterocycles. The second kappa shape index (κ2) is 6.34. The zero-order valence-electron chi connectivity index (χ0n) is 7.63. The molecule has 1 N–H and O–H groups in total. The average Bonchev–Trinajstić information content (AvgIpc) is 2.61. The van der Waals surface area contributed by atoms with E-state index >= 15 is 0 Å². The second-order valence-electron chi connectivity index (χ2n) is 2.52. The van der Waals surface area contributed by atoms with Crippen molar-refractivity contribution < 1.29 is 5.11 Å². The van der Waals surface area contributed by atoms with Crippen LogP contribution in [-0.2, 0) is 6.54 Å². The normalized spacial score (nSPS) is 10.0. The number of aliphatic hydroxyl groups excluding tert-OH is 1. The molecule has 1 heterocycles. The van der Waals surface area contributed by atoms with E-state index in [1.165, 1.54) is 11.8 Å². The summed E-state index contributed by atoms with van der Waals surface area (Å²) in [4.78, 5) is 0. The molecule has 0 fully saturated rings. The number of aliphatic hydroxyl groups is 1. The van der Waals surface area contributed by atoms with Gasteiger partial charge < -0.3 is 5.11 Å². The Kier molecular flexibility index (Phi) is 4.96. The Balaban J connectivity index is 2.34. The first-order valence-corrected chi connectivity index (χ1v) is 5.24. The minimum atomic E-state index is 0.0246. The highest BCUT2D eigenvalue weighted by atomic mass is 32.2. The highest BCUT2D eigenvalue weighted by Gasteiger charge is 2.04. The number of rotatable bonds is 6. The molecule has 0 aliphatic heterocycles. The van der Waals surface area contributed by atoms with Crippen molar-refractivity contribution in [3.05, 3.63) is 0 Å². The third kappa shape index (κ3) is 3.32. The molecule has 6 nitrogen and oxygen atoms in total. The quantitative estimate of drug-likeness (QED) is 0.531. The zero-order valence-corrected chi connectivity index (χ0v) is 8.44. The van der Waals surface area contributed by atoms with E-state index in [1.54, 1.807) is 4.68 Å². The fourth-order valence-corrected chi connectivity index (χ4v) is 1.69. The lowest BCUT2D eigenvalue weighted by Crippen LogP contribution is -2.05. The summed E-state index contributed by atoms with van der Waals surface area (Å²) in [6.45, 7) is 0.435. The summed E-state index contributed by atoms with van der Waals surface area (Å²) in [7, 11) is 0. The van der Waals surface area contributed by atoms with Crippen LogP contribution in [0.15, 0.2) is 5.16 Å². The van der Waals surface area contributed by atoms with Crippen molar-refractivity contribution in [3.8, 4) is 6.07 Å². The number of hydrogen-bond acceptors (Lipinski definition) is 6. The van der Waals surface area contributed by atoms with Gasteiger partial charge in [0.2, 0.25) is 5.16 Å². The molecule has 7 heteroatoms. The third-order valence-electron chi connectivity index (χ3n) is 1.47. The number of aromatic nitrogens is 4. The summed E-state index contributed by atoms with van der Waals surface area (Å²) < 4.78 is 1.55. The highest BCUT2D eigenvalue weighted by molar-refractivity contribution is 7.99. The smallest absolute Gasteiger partial charge is 0.209 e. The largest absolute Gasteiger partial charge is 0.394 e. The van der Waals surface area contributed by atoms with Crippen molar-refractivity contribution in [1.29, 1.82) is 5.26 Å². The first-order chi connectivity index (χ1) is 6.88. The molecule has 0 aromatic carbocycles. The van der Waals surface area contributed by atoms with E-state index in [9.17, 15) is 0 Å². The van der Waals surface area contributed by atoms with Gasteiger partial charge in [-0.15, -0.1) is 5.10 Å². The summed E-state index contributed by atoms with van der Waals surface area (Å²) >= 11 is 1.50. The molecule has 0 unspecified atom stereocenters. The van der Waals surface area contributed by atoms with Crippen molar-refractivity contribution in [2.75, 3.05) is 12.4 Å². The molecule has 1 aromatic rings. The van der Waals surface area contributed by atoms with Gasteiger partial charge in [-0.3, -0.25) is 0 Å². The number of tetrazole rings is 1. The van der Waals surface area contributed by atoms with Crippen LogP contribution in [0.1, 0.15) is 12.8 Å². The van der Waals surface area contributed by atoms with E-state index in [2.05, 4.69) is 21.6 Å². The molecule has 0 spiro atoms. The molecular weight excluding hydrogens is 202 g/mol. The van der Waals surface area contributed by atoms with Crippen molar-refractivity contribution in [2.45, 2.75) is 24.5 Å². The molecule has 0 radical (unpaired) electrons. The summed E-state index contributed by atoms with van der Waals surface area (Å²) in [6.07, 6.45) is 1.38. The van der Waals surface area contributed by atoms with Crippen LogP contribution in [0.5, 0.6) is 0 Å². The molecule has 0 aliphatic carbocycles. The van der Waals surface area contributed by atoms with Gasteiger partial charge in [-0.2, -0.15) is 5.26 Å². The first-order valence-electron chi connectivity index (χ1n) is 4.25. The van der Waals surface area contributed by atoms with E-state index < -0.39 is 0 Å². The maximum atomic E-state index is 8.70. The van der Waals surface area contributed by atoms with E-state index in [1.807, 2.05) is 0 Å². The van der Waals surface area contributed by atoms with Gasteiger partial charge in [-0.1, -0.05) is 11.8 Å². The summed E-state index contributed by atoms with van der Waals surface area (Å²) in [5.74, 6) is 0.819. The van der Waals surface area contributed by atoms with Crippen LogP contribution in [-0.4, -0.2) is 37.7 Å². The van der Waals surface area contributed by atoms with Crippen LogP contribution in [0.4, 0.5) is 0 Å². The predicted molar refractivity (Wildman–Crippen MR) is 50.5 cm³/mol. The van der Waals surface area contributed by atoms with E-state index in [4.69, 9.17) is 10.4 Å². The molecule has 0 saturated carbocycles. The van der Waals surface area contributed by atoms with Crippen LogP contribution in [0, 0.1) is 11.3 Å². The molecular formula is C7H11N5OS.